The van der Waals surface area contributed by atoms with Crippen LogP contribution in [0.5, 0.6) is 0 Å². The van der Waals surface area contributed by atoms with Crippen LogP contribution in [0, 0.1) is 0 Å². The molecule has 0 saturated carbocycles. The van der Waals surface area contributed by atoms with Crippen molar-refractivity contribution in [3.05, 3.63) is 23.5 Å². The first-order valence-electron chi connectivity index (χ1n) is 7.62. The third-order valence-corrected chi connectivity index (χ3v) is 3.68. The van der Waals surface area contributed by atoms with Gasteiger partial charge in [0.2, 0.25) is 5.91 Å². The average molecular weight is 305 g/mol. The molecule has 1 aromatic heterocycles. The van der Waals surface area contributed by atoms with Crippen LogP contribution in [0.15, 0.2) is 17.8 Å². The maximum absolute atomic E-state index is 12.0. The van der Waals surface area contributed by atoms with E-state index in [4.69, 9.17) is 0 Å². The molecule has 7 heteroatoms. The zero-order valence-corrected chi connectivity index (χ0v) is 13.2. The van der Waals surface area contributed by atoms with Crippen LogP contribution in [-0.4, -0.2) is 52.3 Å². The van der Waals surface area contributed by atoms with Gasteiger partial charge in [-0.3, -0.25) is 9.59 Å². The Hall–Kier alpha value is -2.18. The van der Waals surface area contributed by atoms with Crippen LogP contribution < -0.4 is 5.32 Å². The number of allylic oxidation sites excluding steroid dienone is 1. The van der Waals surface area contributed by atoms with Crippen LogP contribution in [0.2, 0.25) is 0 Å². The summed E-state index contributed by atoms with van der Waals surface area (Å²) in [6.45, 7) is 0.689. The maximum atomic E-state index is 12.0. The highest BCUT2D eigenvalue weighted by Gasteiger charge is 2.13. The minimum atomic E-state index is -0.250. The van der Waals surface area contributed by atoms with Gasteiger partial charge in [0.1, 0.15) is 6.54 Å². The quantitative estimate of drug-likeness (QED) is 0.795. The molecule has 1 aliphatic rings. The van der Waals surface area contributed by atoms with Crippen LogP contribution in [0.25, 0.3) is 0 Å². The summed E-state index contributed by atoms with van der Waals surface area (Å²) in [6.07, 6.45) is 9.46. The standard InChI is InChI=1S/C15H23N5O2/c1-19(2)14(21)11-20-10-13(17-18-20)15(22)16-9-8-12-6-4-3-5-7-12/h6,10H,3-5,7-9,11H2,1-2H3,(H,16,22). The van der Waals surface area contributed by atoms with E-state index >= 15 is 0 Å². The lowest BCUT2D eigenvalue weighted by atomic mass is 9.97. The fraction of sp³-hybridized carbons (Fsp3) is 0.600. The van der Waals surface area contributed by atoms with E-state index in [2.05, 4.69) is 21.7 Å². The number of nitrogens with zero attached hydrogens (tertiary/aromatic N) is 4. The number of rotatable bonds is 6. The van der Waals surface area contributed by atoms with E-state index in [1.807, 2.05) is 0 Å². The van der Waals surface area contributed by atoms with Crippen molar-refractivity contribution < 1.29 is 9.59 Å². The number of amides is 2. The van der Waals surface area contributed by atoms with Crippen LogP contribution in [0.1, 0.15) is 42.6 Å². The largest absolute Gasteiger partial charge is 0.350 e. The monoisotopic (exact) mass is 305 g/mol. The molecule has 0 fully saturated rings. The molecular weight excluding hydrogens is 282 g/mol. The molecule has 0 radical (unpaired) electrons. The summed E-state index contributed by atoms with van der Waals surface area (Å²) in [7, 11) is 3.35. The van der Waals surface area contributed by atoms with E-state index in [0.29, 0.717) is 6.54 Å². The molecule has 0 spiro atoms. The molecule has 0 bridgehead atoms. The van der Waals surface area contributed by atoms with Crippen LogP contribution in [-0.2, 0) is 11.3 Å². The summed E-state index contributed by atoms with van der Waals surface area (Å²) in [5.41, 5.74) is 1.66. The molecule has 0 saturated heterocycles. The lowest BCUT2D eigenvalue weighted by molar-refractivity contribution is -0.129. The zero-order valence-electron chi connectivity index (χ0n) is 13.2. The second kappa shape index (κ2) is 7.72. The Morgan fingerprint density at radius 3 is 2.86 bits per heavy atom. The van der Waals surface area contributed by atoms with Crippen molar-refractivity contribution in [3.63, 3.8) is 0 Å². The van der Waals surface area contributed by atoms with Gasteiger partial charge in [-0.15, -0.1) is 5.10 Å². The predicted molar refractivity (Wildman–Crippen MR) is 82.2 cm³/mol. The van der Waals surface area contributed by atoms with Gasteiger partial charge in [-0.05, 0) is 32.1 Å². The van der Waals surface area contributed by atoms with Gasteiger partial charge in [-0.2, -0.15) is 0 Å². The van der Waals surface area contributed by atoms with Gasteiger partial charge < -0.3 is 10.2 Å². The zero-order chi connectivity index (χ0) is 15.9. The molecule has 22 heavy (non-hydrogen) atoms. The molecule has 1 aromatic rings. The molecule has 0 aromatic carbocycles. The van der Waals surface area contributed by atoms with Crippen LogP contribution in [0.4, 0.5) is 0 Å². The first-order chi connectivity index (χ1) is 10.6. The minimum absolute atomic E-state index is 0.0835. The summed E-state index contributed by atoms with van der Waals surface area (Å²) in [5.74, 6) is -0.346. The van der Waals surface area contributed by atoms with Crippen molar-refractivity contribution >= 4 is 11.8 Å². The highest BCUT2D eigenvalue weighted by Crippen LogP contribution is 2.19. The van der Waals surface area contributed by atoms with Gasteiger partial charge in [0.25, 0.3) is 5.91 Å². The number of hydrogen-bond donors (Lipinski definition) is 1. The highest BCUT2D eigenvalue weighted by molar-refractivity contribution is 5.91. The summed E-state index contributed by atoms with van der Waals surface area (Å²) >= 11 is 0. The van der Waals surface area contributed by atoms with E-state index in [9.17, 15) is 9.59 Å². The Bertz CT molecular complexity index is 562. The van der Waals surface area contributed by atoms with Gasteiger partial charge in [-0.25, -0.2) is 4.68 Å². The number of hydrogen-bond acceptors (Lipinski definition) is 4. The molecule has 0 unspecified atom stereocenters. The van der Waals surface area contributed by atoms with Crippen molar-refractivity contribution in [2.45, 2.75) is 38.6 Å². The Kier molecular flexibility index (Phi) is 5.68. The summed E-state index contributed by atoms with van der Waals surface area (Å²) in [6, 6.07) is 0. The maximum Gasteiger partial charge on any atom is 0.273 e. The Morgan fingerprint density at radius 1 is 1.36 bits per heavy atom. The highest BCUT2D eigenvalue weighted by atomic mass is 16.2. The van der Waals surface area contributed by atoms with Crippen molar-refractivity contribution in [2.75, 3.05) is 20.6 Å². The topological polar surface area (TPSA) is 80.1 Å². The Labute approximate surface area is 130 Å². The van der Waals surface area contributed by atoms with E-state index < -0.39 is 0 Å². The SMILES string of the molecule is CN(C)C(=O)Cn1cc(C(=O)NCCC2=CCCCC2)nn1. The lowest BCUT2D eigenvalue weighted by Crippen LogP contribution is -2.26. The molecule has 1 heterocycles. The van der Waals surface area contributed by atoms with Crippen LogP contribution in [0.3, 0.4) is 0 Å². The molecule has 2 rings (SSSR count). The van der Waals surface area contributed by atoms with E-state index in [-0.39, 0.29) is 24.1 Å². The fourth-order valence-corrected chi connectivity index (χ4v) is 2.32. The minimum Gasteiger partial charge on any atom is -0.350 e. The van der Waals surface area contributed by atoms with Crippen molar-refractivity contribution in [1.29, 1.82) is 0 Å². The Morgan fingerprint density at radius 2 is 2.18 bits per heavy atom. The molecule has 2 amide bonds. The molecule has 1 aliphatic carbocycles. The molecule has 7 nitrogen and oxygen atoms in total. The van der Waals surface area contributed by atoms with E-state index in [1.165, 1.54) is 34.2 Å². The molecule has 120 valence electrons. The number of carbonyl (C=O) groups excluding carboxylic acids is 2. The van der Waals surface area contributed by atoms with Gasteiger partial charge in [0.05, 0.1) is 6.20 Å². The normalized spacial score (nSPS) is 14.4. The third-order valence-electron chi connectivity index (χ3n) is 3.68. The number of carbonyl (C=O) groups is 2. The summed E-state index contributed by atoms with van der Waals surface area (Å²) in [5, 5.41) is 10.5. The van der Waals surface area contributed by atoms with Gasteiger partial charge >= 0.3 is 0 Å². The van der Waals surface area contributed by atoms with E-state index in [1.54, 1.807) is 14.1 Å². The first-order valence-corrected chi connectivity index (χ1v) is 7.62. The number of aromatic nitrogens is 3. The number of likely N-dealkylation sites (N-methyl/N-ethyl adjacent to an activating group) is 1. The lowest BCUT2D eigenvalue weighted by Gasteiger charge is -2.12. The summed E-state index contributed by atoms with van der Waals surface area (Å²) in [4.78, 5) is 25.0. The third kappa shape index (κ3) is 4.68. The second-order valence-corrected chi connectivity index (χ2v) is 5.70. The fourth-order valence-electron chi connectivity index (χ4n) is 2.32. The van der Waals surface area contributed by atoms with Crippen LogP contribution >= 0.6 is 0 Å². The first kappa shape index (κ1) is 16.2. The molecule has 0 aliphatic heterocycles. The second-order valence-electron chi connectivity index (χ2n) is 5.70. The molecular formula is C15H23N5O2. The predicted octanol–water partition coefficient (Wildman–Crippen LogP) is 0.987. The van der Waals surface area contributed by atoms with Gasteiger partial charge in [0.15, 0.2) is 5.69 Å². The number of nitrogens with one attached hydrogen (secondary N) is 1. The molecule has 0 atom stereocenters. The smallest absolute Gasteiger partial charge is 0.273 e. The van der Waals surface area contributed by atoms with Gasteiger partial charge in [0, 0.05) is 20.6 Å². The average Bonchev–Trinajstić information content (AvgIpc) is 2.96. The summed E-state index contributed by atoms with van der Waals surface area (Å²) < 4.78 is 1.38. The van der Waals surface area contributed by atoms with Crippen molar-refractivity contribution in [2.24, 2.45) is 0 Å². The van der Waals surface area contributed by atoms with Crippen molar-refractivity contribution in [3.8, 4) is 0 Å². The molecule has 1 N–H and O–H groups in total. The van der Waals surface area contributed by atoms with Crippen molar-refractivity contribution in [1.82, 2.24) is 25.2 Å². The van der Waals surface area contributed by atoms with E-state index in [0.717, 1.165) is 19.3 Å². The van der Waals surface area contributed by atoms with Gasteiger partial charge in [-0.1, -0.05) is 16.9 Å². The Balaban J connectivity index is 1.79.